The van der Waals surface area contributed by atoms with Gasteiger partial charge in [-0.1, -0.05) is 30.3 Å². The second-order valence-corrected chi connectivity index (χ2v) is 7.01. The molecule has 1 amide bonds. The fraction of sp³-hybridized carbons (Fsp3) is 0.368. The quantitative estimate of drug-likeness (QED) is 0.723. The van der Waals surface area contributed by atoms with Crippen LogP contribution in [-0.4, -0.2) is 47.4 Å². The fourth-order valence-electron chi connectivity index (χ4n) is 4.26. The van der Waals surface area contributed by atoms with E-state index in [-0.39, 0.29) is 18.0 Å². The lowest BCUT2D eigenvalue weighted by Gasteiger charge is -2.28. The number of hydrogen-bond donors (Lipinski definition) is 0. The number of benzene rings is 1. The van der Waals surface area contributed by atoms with Gasteiger partial charge in [-0.3, -0.25) is 9.48 Å². The van der Waals surface area contributed by atoms with E-state index < -0.39 is 0 Å². The van der Waals surface area contributed by atoms with Gasteiger partial charge in [0.2, 0.25) is 5.91 Å². The lowest BCUT2D eigenvalue weighted by Crippen LogP contribution is -2.43. The summed E-state index contributed by atoms with van der Waals surface area (Å²) in [5.41, 5.74) is 1.07. The van der Waals surface area contributed by atoms with Crippen LogP contribution in [-0.2, 0) is 24.3 Å². The minimum Gasteiger partial charge on any atom is -0.333 e. The zero-order valence-electron chi connectivity index (χ0n) is 14.4. The van der Waals surface area contributed by atoms with E-state index in [2.05, 4.69) is 36.9 Å². The summed E-state index contributed by atoms with van der Waals surface area (Å²) in [5.74, 6) is 2.02. The number of nitrogens with zero attached hydrogens (tertiary/aromatic N) is 6. The molecule has 0 spiro atoms. The van der Waals surface area contributed by atoms with Gasteiger partial charge in [-0.05, 0) is 18.9 Å². The number of carbonyl (C=O) groups excluding carboxylic acids is 1. The predicted molar refractivity (Wildman–Crippen MR) is 95.0 cm³/mol. The lowest BCUT2D eigenvalue weighted by atomic mass is 10.1. The number of hydrogen-bond acceptors (Lipinski definition) is 4. The Hall–Kier alpha value is -2.96. The van der Waals surface area contributed by atoms with Crippen molar-refractivity contribution in [2.45, 2.75) is 44.4 Å². The molecule has 5 rings (SSSR count). The molecule has 4 heterocycles. The summed E-state index contributed by atoms with van der Waals surface area (Å²) >= 11 is 0. The third-order valence-electron chi connectivity index (χ3n) is 5.44. The maximum atomic E-state index is 12.9. The van der Waals surface area contributed by atoms with Crippen LogP contribution in [0.15, 0.2) is 48.8 Å². The van der Waals surface area contributed by atoms with Gasteiger partial charge in [-0.2, -0.15) is 5.10 Å². The molecule has 0 saturated carbocycles. The number of fused-ring (bicyclic) bond motifs is 3. The van der Waals surface area contributed by atoms with Gasteiger partial charge in [-0.25, -0.2) is 0 Å². The maximum Gasteiger partial charge on any atom is 0.244 e. The minimum atomic E-state index is 0.140. The van der Waals surface area contributed by atoms with Gasteiger partial charge in [0.15, 0.2) is 5.82 Å². The molecular weight excluding hydrogens is 328 g/mol. The highest BCUT2D eigenvalue weighted by atomic mass is 16.2. The van der Waals surface area contributed by atoms with Gasteiger partial charge in [-0.15, -0.1) is 10.2 Å². The Kier molecular flexibility index (Phi) is 3.58. The number of aromatic nitrogens is 5. The molecule has 0 aliphatic carbocycles. The molecule has 2 aliphatic heterocycles. The van der Waals surface area contributed by atoms with Crippen molar-refractivity contribution in [3.8, 4) is 11.4 Å². The van der Waals surface area contributed by atoms with E-state index in [4.69, 9.17) is 0 Å². The second kappa shape index (κ2) is 6.09. The number of amides is 1. The first kappa shape index (κ1) is 15.3. The minimum absolute atomic E-state index is 0.140. The second-order valence-electron chi connectivity index (χ2n) is 7.01. The van der Waals surface area contributed by atoms with Gasteiger partial charge >= 0.3 is 0 Å². The fourth-order valence-corrected chi connectivity index (χ4v) is 4.26. The molecule has 2 unspecified atom stereocenters. The summed E-state index contributed by atoms with van der Waals surface area (Å²) in [5, 5.41) is 13.0. The van der Waals surface area contributed by atoms with Gasteiger partial charge in [0.05, 0.1) is 6.04 Å². The first-order valence-corrected chi connectivity index (χ1v) is 9.05. The normalized spacial score (nSPS) is 21.5. The molecule has 2 aromatic heterocycles. The van der Waals surface area contributed by atoms with E-state index in [9.17, 15) is 4.79 Å². The SMILES string of the molecule is O=C(Cn1cccn1)N1C2CCC1Cn1c(nnc1-c1ccccc1)C2. The van der Waals surface area contributed by atoms with E-state index in [1.54, 1.807) is 10.9 Å². The molecule has 1 fully saturated rings. The van der Waals surface area contributed by atoms with Crippen LogP contribution in [0.3, 0.4) is 0 Å². The Balaban J connectivity index is 1.44. The largest absolute Gasteiger partial charge is 0.333 e. The van der Waals surface area contributed by atoms with E-state index in [0.29, 0.717) is 6.54 Å². The smallest absolute Gasteiger partial charge is 0.244 e. The Bertz CT molecular complexity index is 917. The summed E-state index contributed by atoms with van der Waals surface area (Å²) in [4.78, 5) is 15.0. The standard InChI is InChI=1S/C19H20N6O/c26-18(13-23-10-4-9-20-23)25-15-7-8-16(25)12-24-17(11-15)21-22-19(24)14-5-2-1-3-6-14/h1-6,9-10,15-16H,7-8,11-13H2. The third-order valence-corrected chi connectivity index (χ3v) is 5.44. The van der Waals surface area contributed by atoms with Gasteiger partial charge < -0.3 is 9.47 Å². The van der Waals surface area contributed by atoms with Crippen molar-refractivity contribution in [1.82, 2.24) is 29.4 Å². The molecule has 2 aliphatic rings. The van der Waals surface area contributed by atoms with E-state index in [1.165, 1.54) is 0 Å². The molecule has 7 nitrogen and oxygen atoms in total. The maximum absolute atomic E-state index is 12.9. The van der Waals surface area contributed by atoms with Crippen molar-refractivity contribution in [2.75, 3.05) is 0 Å². The summed E-state index contributed by atoms with van der Waals surface area (Å²) in [6.45, 7) is 1.06. The van der Waals surface area contributed by atoms with E-state index >= 15 is 0 Å². The Labute approximate surface area is 151 Å². The first-order valence-electron chi connectivity index (χ1n) is 9.05. The summed E-state index contributed by atoms with van der Waals surface area (Å²) in [6.07, 6.45) is 6.36. The van der Waals surface area contributed by atoms with Crippen molar-refractivity contribution in [3.63, 3.8) is 0 Å². The molecular formula is C19H20N6O. The number of rotatable bonds is 3. The van der Waals surface area contributed by atoms with Crippen molar-refractivity contribution in [2.24, 2.45) is 0 Å². The zero-order valence-corrected chi connectivity index (χ0v) is 14.4. The molecule has 1 saturated heterocycles. The Morgan fingerprint density at radius 1 is 1.08 bits per heavy atom. The molecule has 7 heteroatoms. The Morgan fingerprint density at radius 3 is 2.73 bits per heavy atom. The summed E-state index contributed by atoms with van der Waals surface area (Å²) in [6, 6.07) is 12.4. The van der Waals surface area contributed by atoms with Crippen molar-refractivity contribution in [3.05, 3.63) is 54.6 Å². The highest BCUT2D eigenvalue weighted by Gasteiger charge is 2.41. The highest BCUT2D eigenvalue weighted by Crippen LogP contribution is 2.33. The van der Waals surface area contributed by atoms with Gasteiger partial charge in [0, 0.05) is 37.0 Å². The van der Waals surface area contributed by atoms with Crippen LogP contribution in [0.25, 0.3) is 11.4 Å². The van der Waals surface area contributed by atoms with Crippen molar-refractivity contribution in [1.29, 1.82) is 0 Å². The predicted octanol–water partition coefficient (Wildman–Crippen LogP) is 1.76. The van der Waals surface area contributed by atoms with Crippen LogP contribution in [0.4, 0.5) is 0 Å². The van der Waals surface area contributed by atoms with Gasteiger partial charge in [0.25, 0.3) is 0 Å². The van der Waals surface area contributed by atoms with Crippen LogP contribution >= 0.6 is 0 Å². The molecule has 2 bridgehead atoms. The molecule has 2 atom stereocenters. The highest BCUT2D eigenvalue weighted by molar-refractivity contribution is 5.77. The van der Waals surface area contributed by atoms with E-state index in [0.717, 1.165) is 43.0 Å². The summed E-state index contributed by atoms with van der Waals surface area (Å²) < 4.78 is 3.90. The van der Waals surface area contributed by atoms with Crippen LogP contribution in [0, 0.1) is 0 Å². The Morgan fingerprint density at radius 2 is 1.92 bits per heavy atom. The monoisotopic (exact) mass is 348 g/mol. The zero-order chi connectivity index (χ0) is 17.5. The third kappa shape index (κ3) is 2.51. The molecule has 0 radical (unpaired) electrons. The van der Waals surface area contributed by atoms with Crippen LogP contribution < -0.4 is 0 Å². The molecule has 0 N–H and O–H groups in total. The topological polar surface area (TPSA) is 68.8 Å². The molecule has 26 heavy (non-hydrogen) atoms. The first-order chi connectivity index (χ1) is 12.8. The van der Waals surface area contributed by atoms with Crippen LogP contribution in [0.2, 0.25) is 0 Å². The molecule has 1 aromatic carbocycles. The average Bonchev–Trinajstić information content (AvgIpc) is 3.35. The van der Waals surface area contributed by atoms with Crippen LogP contribution in [0.1, 0.15) is 18.7 Å². The van der Waals surface area contributed by atoms with Crippen molar-refractivity contribution >= 4 is 5.91 Å². The van der Waals surface area contributed by atoms with Crippen LogP contribution in [0.5, 0.6) is 0 Å². The average molecular weight is 348 g/mol. The van der Waals surface area contributed by atoms with Crippen molar-refractivity contribution < 1.29 is 4.79 Å². The number of carbonyl (C=O) groups is 1. The lowest BCUT2D eigenvalue weighted by molar-refractivity contribution is -0.134. The van der Waals surface area contributed by atoms with Gasteiger partial charge in [0.1, 0.15) is 12.4 Å². The molecule has 132 valence electrons. The van der Waals surface area contributed by atoms with E-state index in [1.807, 2.05) is 30.5 Å². The summed E-state index contributed by atoms with van der Waals surface area (Å²) in [7, 11) is 0. The molecule has 3 aromatic rings.